The van der Waals surface area contributed by atoms with Crippen molar-refractivity contribution in [3.63, 3.8) is 0 Å². The molecule has 2 heterocycles. The molecule has 1 N–H and O–H groups in total. The number of carbonyl (C=O) groups is 1. The molecule has 1 unspecified atom stereocenters. The number of nitro benzene ring substituents is 1. The number of carbonyl (C=O) groups excluding carboxylic acids is 1. The third-order valence-corrected chi connectivity index (χ3v) is 4.36. The smallest absolute Gasteiger partial charge is 0.310 e. The lowest BCUT2D eigenvalue weighted by atomic mass is 10.1. The topological polar surface area (TPSA) is 103 Å². The Balaban J connectivity index is 0.00000261. The van der Waals surface area contributed by atoms with Gasteiger partial charge >= 0.3 is 5.69 Å². The van der Waals surface area contributed by atoms with Gasteiger partial charge in [0, 0.05) is 45.1 Å². The van der Waals surface area contributed by atoms with Crippen molar-refractivity contribution in [2.75, 3.05) is 26.2 Å². The van der Waals surface area contributed by atoms with E-state index in [1.807, 2.05) is 17.8 Å². The van der Waals surface area contributed by atoms with Crippen LogP contribution < -0.4 is 10.1 Å². The Morgan fingerprint density at radius 1 is 1.44 bits per heavy atom. The molecule has 1 fully saturated rings. The van der Waals surface area contributed by atoms with Crippen LogP contribution in [0.5, 0.6) is 5.75 Å². The first-order valence-electron chi connectivity index (χ1n) is 8.41. The minimum absolute atomic E-state index is 0. The SMILES string of the molecule is Cl.Cn1ccnc1C1CNCCN1C(=O)CCOc1ccccc1[N+](=O)[O-]. The highest BCUT2D eigenvalue weighted by Crippen LogP contribution is 2.26. The molecular formula is C17H22ClN5O4. The molecule has 3 rings (SSSR count). The average Bonchev–Trinajstić information content (AvgIpc) is 3.07. The number of benzene rings is 1. The number of piperazine rings is 1. The van der Waals surface area contributed by atoms with Gasteiger partial charge in [0.05, 0.1) is 18.0 Å². The van der Waals surface area contributed by atoms with Crippen LogP contribution in [0.3, 0.4) is 0 Å². The van der Waals surface area contributed by atoms with Crippen molar-refractivity contribution in [2.24, 2.45) is 7.05 Å². The molecule has 1 aromatic carbocycles. The first-order chi connectivity index (χ1) is 12.6. The second-order valence-electron chi connectivity index (χ2n) is 6.03. The third-order valence-electron chi connectivity index (χ3n) is 4.36. The van der Waals surface area contributed by atoms with E-state index in [9.17, 15) is 14.9 Å². The van der Waals surface area contributed by atoms with Crippen molar-refractivity contribution in [3.8, 4) is 5.75 Å². The van der Waals surface area contributed by atoms with Crippen molar-refractivity contribution < 1.29 is 14.5 Å². The summed E-state index contributed by atoms with van der Waals surface area (Å²) in [5.74, 6) is 0.939. The summed E-state index contributed by atoms with van der Waals surface area (Å²) >= 11 is 0. The molecule has 10 heteroatoms. The summed E-state index contributed by atoms with van der Waals surface area (Å²) in [6, 6.07) is 6.02. The summed E-state index contributed by atoms with van der Waals surface area (Å²) in [5, 5.41) is 14.3. The van der Waals surface area contributed by atoms with Gasteiger partial charge in [0.2, 0.25) is 5.91 Å². The predicted molar refractivity (Wildman–Crippen MR) is 101 cm³/mol. The number of hydrogen-bond acceptors (Lipinski definition) is 6. The fraction of sp³-hybridized carbons (Fsp3) is 0.412. The normalized spacial score (nSPS) is 16.5. The maximum atomic E-state index is 12.7. The molecular weight excluding hydrogens is 374 g/mol. The van der Waals surface area contributed by atoms with Crippen molar-refractivity contribution in [1.82, 2.24) is 19.8 Å². The van der Waals surface area contributed by atoms with E-state index in [4.69, 9.17) is 4.74 Å². The van der Waals surface area contributed by atoms with Gasteiger partial charge in [-0.2, -0.15) is 0 Å². The van der Waals surface area contributed by atoms with Crippen LogP contribution in [-0.4, -0.2) is 51.5 Å². The molecule has 1 aliphatic rings. The molecule has 0 saturated carbocycles. The summed E-state index contributed by atoms with van der Waals surface area (Å²) in [6.07, 6.45) is 3.71. The van der Waals surface area contributed by atoms with Crippen LogP contribution in [0.2, 0.25) is 0 Å². The number of imidazole rings is 1. The van der Waals surface area contributed by atoms with Gasteiger partial charge < -0.3 is 19.5 Å². The van der Waals surface area contributed by atoms with Gasteiger partial charge in [-0.1, -0.05) is 12.1 Å². The largest absolute Gasteiger partial charge is 0.486 e. The molecule has 0 spiro atoms. The lowest BCUT2D eigenvalue weighted by Crippen LogP contribution is -2.49. The van der Waals surface area contributed by atoms with E-state index in [-0.39, 0.29) is 48.8 Å². The Morgan fingerprint density at radius 3 is 2.93 bits per heavy atom. The Bertz CT molecular complexity index is 797. The second-order valence-corrected chi connectivity index (χ2v) is 6.03. The lowest BCUT2D eigenvalue weighted by Gasteiger charge is -2.35. The zero-order chi connectivity index (χ0) is 18.5. The van der Waals surface area contributed by atoms with E-state index in [1.165, 1.54) is 12.1 Å². The number of halogens is 1. The van der Waals surface area contributed by atoms with E-state index in [0.29, 0.717) is 13.1 Å². The van der Waals surface area contributed by atoms with E-state index >= 15 is 0 Å². The van der Waals surface area contributed by atoms with Gasteiger partial charge in [-0.15, -0.1) is 12.4 Å². The second kappa shape index (κ2) is 9.33. The van der Waals surface area contributed by atoms with Crippen LogP contribution in [0.25, 0.3) is 0 Å². The minimum Gasteiger partial charge on any atom is -0.486 e. The molecule has 0 aliphatic carbocycles. The lowest BCUT2D eigenvalue weighted by molar-refractivity contribution is -0.385. The standard InChI is InChI=1S/C17H21N5O4.ClH/c1-20-9-8-19-17(20)14-12-18-7-10-21(14)16(23)6-11-26-15-5-3-2-4-13(15)22(24)25;/h2-5,8-9,14,18H,6-7,10-12H2,1H3;1H. The van der Waals surface area contributed by atoms with E-state index in [2.05, 4.69) is 10.3 Å². The maximum absolute atomic E-state index is 12.7. The van der Waals surface area contributed by atoms with Crippen LogP contribution >= 0.6 is 12.4 Å². The molecule has 1 saturated heterocycles. The summed E-state index contributed by atoms with van der Waals surface area (Å²) in [5.41, 5.74) is -0.104. The van der Waals surface area contributed by atoms with Gasteiger partial charge in [-0.05, 0) is 6.07 Å². The fourth-order valence-corrected chi connectivity index (χ4v) is 3.05. The van der Waals surface area contributed by atoms with Crippen LogP contribution in [0.1, 0.15) is 18.3 Å². The van der Waals surface area contributed by atoms with Crippen molar-refractivity contribution >= 4 is 24.0 Å². The number of aryl methyl sites for hydroxylation is 1. The van der Waals surface area contributed by atoms with Crippen molar-refractivity contribution in [2.45, 2.75) is 12.5 Å². The van der Waals surface area contributed by atoms with Crippen molar-refractivity contribution in [1.29, 1.82) is 0 Å². The van der Waals surface area contributed by atoms with Gasteiger partial charge in [-0.3, -0.25) is 14.9 Å². The monoisotopic (exact) mass is 395 g/mol. The molecule has 9 nitrogen and oxygen atoms in total. The van der Waals surface area contributed by atoms with Crippen LogP contribution in [0.4, 0.5) is 5.69 Å². The highest BCUT2D eigenvalue weighted by molar-refractivity contribution is 5.85. The Kier molecular flexibility index (Phi) is 7.14. The Hall–Kier alpha value is -2.65. The Labute approximate surface area is 162 Å². The number of amides is 1. The zero-order valence-electron chi connectivity index (χ0n) is 14.9. The van der Waals surface area contributed by atoms with Crippen LogP contribution in [0, 0.1) is 10.1 Å². The van der Waals surface area contributed by atoms with E-state index in [1.54, 1.807) is 23.2 Å². The maximum Gasteiger partial charge on any atom is 0.310 e. The highest BCUT2D eigenvalue weighted by atomic mass is 35.5. The molecule has 1 aromatic heterocycles. The van der Waals surface area contributed by atoms with Gasteiger partial charge in [0.25, 0.3) is 0 Å². The molecule has 146 valence electrons. The molecule has 0 radical (unpaired) electrons. The Morgan fingerprint density at radius 2 is 2.22 bits per heavy atom. The highest BCUT2D eigenvalue weighted by Gasteiger charge is 2.30. The quantitative estimate of drug-likeness (QED) is 0.589. The first-order valence-corrected chi connectivity index (χ1v) is 8.41. The predicted octanol–water partition coefficient (Wildman–Crippen LogP) is 1.69. The van der Waals surface area contributed by atoms with Crippen molar-refractivity contribution in [3.05, 3.63) is 52.6 Å². The summed E-state index contributed by atoms with van der Waals surface area (Å²) in [7, 11) is 1.90. The zero-order valence-corrected chi connectivity index (χ0v) is 15.7. The fourth-order valence-electron chi connectivity index (χ4n) is 3.05. The number of nitrogens with one attached hydrogen (secondary N) is 1. The molecule has 0 bridgehead atoms. The van der Waals surface area contributed by atoms with Crippen LogP contribution in [0.15, 0.2) is 36.7 Å². The first kappa shape index (κ1) is 20.7. The van der Waals surface area contributed by atoms with Gasteiger partial charge in [-0.25, -0.2) is 4.98 Å². The number of nitro groups is 1. The number of hydrogen-bond donors (Lipinski definition) is 1. The van der Waals surface area contributed by atoms with Gasteiger partial charge in [0.1, 0.15) is 11.9 Å². The molecule has 2 aromatic rings. The average molecular weight is 396 g/mol. The summed E-state index contributed by atoms with van der Waals surface area (Å²) in [4.78, 5) is 29.3. The number of aromatic nitrogens is 2. The molecule has 1 amide bonds. The van der Waals surface area contributed by atoms with Crippen LogP contribution in [-0.2, 0) is 11.8 Å². The number of nitrogens with zero attached hydrogens (tertiary/aromatic N) is 4. The molecule has 1 atom stereocenters. The van der Waals surface area contributed by atoms with Gasteiger partial charge in [0.15, 0.2) is 5.75 Å². The summed E-state index contributed by atoms with van der Waals surface area (Å²) in [6.45, 7) is 2.03. The minimum atomic E-state index is -0.495. The number of ether oxygens (including phenoxy) is 1. The third kappa shape index (κ3) is 4.75. The van der Waals surface area contributed by atoms with E-state index < -0.39 is 4.92 Å². The summed E-state index contributed by atoms with van der Waals surface area (Å²) < 4.78 is 7.39. The molecule has 1 aliphatic heterocycles. The number of para-hydroxylation sites is 2. The van der Waals surface area contributed by atoms with E-state index in [0.717, 1.165) is 12.4 Å². The number of rotatable bonds is 6. The molecule has 27 heavy (non-hydrogen) atoms.